The highest BCUT2D eigenvalue weighted by Crippen LogP contribution is 2.16. The summed E-state index contributed by atoms with van der Waals surface area (Å²) in [6, 6.07) is 14.3. The Balaban J connectivity index is 1.75. The number of halogens is 2. The summed E-state index contributed by atoms with van der Waals surface area (Å²) in [6.07, 6.45) is 0. The highest BCUT2D eigenvalue weighted by molar-refractivity contribution is 9.10. The number of amides is 1. The van der Waals surface area contributed by atoms with Crippen LogP contribution in [0.15, 0.2) is 53.0 Å². The van der Waals surface area contributed by atoms with Crippen molar-refractivity contribution < 1.29 is 4.79 Å². The van der Waals surface area contributed by atoms with Crippen molar-refractivity contribution in [3.05, 3.63) is 69.4 Å². The maximum Gasteiger partial charge on any atom is 0.252 e. The van der Waals surface area contributed by atoms with E-state index in [4.69, 9.17) is 11.6 Å². The molecule has 2 aromatic carbocycles. The fraction of sp³-hybridized carbons (Fsp3) is 0.0667. The standard InChI is InChI=1S/C15H11BrClN5O/c16-13-4-2-1-3-12(13)15(23)18-9-14-19-20-21-22(14)11-7-5-10(17)6-8-11/h1-8H,9H2,(H,18,23). The van der Waals surface area contributed by atoms with Crippen LogP contribution in [-0.4, -0.2) is 26.1 Å². The molecule has 23 heavy (non-hydrogen) atoms. The fourth-order valence-corrected chi connectivity index (χ4v) is 2.59. The van der Waals surface area contributed by atoms with Crippen LogP contribution in [0.2, 0.25) is 5.02 Å². The van der Waals surface area contributed by atoms with Gasteiger partial charge in [0.2, 0.25) is 0 Å². The molecular formula is C15H11BrClN5O. The summed E-state index contributed by atoms with van der Waals surface area (Å²) in [4.78, 5) is 12.2. The number of rotatable bonds is 4. The lowest BCUT2D eigenvalue weighted by atomic mass is 10.2. The first-order valence-corrected chi connectivity index (χ1v) is 7.88. The maximum absolute atomic E-state index is 12.2. The molecule has 0 bridgehead atoms. The van der Waals surface area contributed by atoms with Gasteiger partial charge in [0.1, 0.15) is 0 Å². The summed E-state index contributed by atoms with van der Waals surface area (Å²) in [5.41, 5.74) is 1.32. The molecule has 3 rings (SSSR count). The number of carbonyl (C=O) groups is 1. The summed E-state index contributed by atoms with van der Waals surface area (Å²) in [5.74, 6) is 0.316. The van der Waals surface area contributed by atoms with E-state index in [9.17, 15) is 4.79 Å². The number of nitrogens with one attached hydrogen (secondary N) is 1. The Morgan fingerprint density at radius 2 is 1.91 bits per heavy atom. The highest BCUT2D eigenvalue weighted by Gasteiger charge is 2.12. The lowest BCUT2D eigenvalue weighted by Gasteiger charge is -2.07. The van der Waals surface area contributed by atoms with Gasteiger partial charge in [0, 0.05) is 9.50 Å². The number of benzene rings is 2. The second-order valence-corrected chi connectivity index (χ2v) is 5.94. The normalized spacial score (nSPS) is 10.5. The van der Waals surface area contributed by atoms with Gasteiger partial charge in [-0.1, -0.05) is 23.7 Å². The molecule has 1 aromatic heterocycles. The molecule has 0 spiro atoms. The van der Waals surface area contributed by atoms with Gasteiger partial charge in [0.25, 0.3) is 5.91 Å². The molecule has 1 heterocycles. The zero-order valence-corrected chi connectivity index (χ0v) is 14.1. The van der Waals surface area contributed by atoms with Crippen LogP contribution in [0.1, 0.15) is 16.2 Å². The second-order valence-electron chi connectivity index (χ2n) is 4.65. The number of hydrogen-bond donors (Lipinski definition) is 1. The van der Waals surface area contributed by atoms with E-state index in [2.05, 4.69) is 36.8 Å². The van der Waals surface area contributed by atoms with Crippen molar-refractivity contribution >= 4 is 33.4 Å². The van der Waals surface area contributed by atoms with E-state index in [0.717, 1.165) is 10.2 Å². The number of tetrazole rings is 1. The summed E-state index contributed by atoms with van der Waals surface area (Å²) < 4.78 is 2.28. The van der Waals surface area contributed by atoms with Crippen molar-refractivity contribution in [2.45, 2.75) is 6.54 Å². The molecule has 1 N–H and O–H groups in total. The molecule has 6 nitrogen and oxygen atoms in total. The second kappa shape index (κ2) is 6.89. The van der Waals surface area contributed by atoms with Crippen molar-refractivity contribution in [3.63, 3.8) is 0 Å². The Bertz CT molecular complexity index is 834. The number of nitrogens with zero attached hydrogens (tertiary/aromatic N) is 4. The molecule has 3 aromatic rings. The zero-order chi connectivity index (χ0) is 16.2. The molecule has 0 aliphatic heterocycles. The van der Waals surface area contributed by atoms with Crippen LogP contribution in [-0.2, 0) is 6.54 Å². The predicted molar refractivity (Wildman–Crippen MR) is 89.5 cm³/mol. The molecular weight excluding hydrogens is 382 g/mol. The molecule has 0 unspecified atom stereocenters. The third-order valence-corrected chi connectivity index (χ3v) is 4.07. The lowest BCUT2D eigenvalue weighted by molar-refractivity contribution is 0.0949. The minimum absolute atomic E-state index is 0.204. The minimum atomic E-state index is -0.205. The summed E-state index contributed by atoms with van der Waals surface area (Å²) >= 11 is 9.23. The van der Waals surface area contributed by atoms with Gasteiger partial charge in [0.05, 0.1) is 17.8 Å². The van der Waals surface area contributed by atoms with Crippen molar-refractivity contribution in [1.82, 2.24) is 25.5 Å². The third kappa shape index (κ3) is 3.57. The SMILES string of the molecule is O=C(NCc1nnnn1-c1ccc(Cl)cc1)c1ccccc1Br. The Labute approximate surface area is 145 Å². The molecule has 0 atom stereocenters. The topological polar surface area (TPSA) is 72.7 Å². The average Bonchev–Trinajstić information content (AvgIpc) is 3.02. The molecule has 0 fully saturated rings. The van der Waals surface area contributed by atoms with Crippen LogP contribution in [0.4, 0.5) is 0 Å². The molecule has 8 heteroatoms. The largest absolute Gasteiger partial charge is 0.345 e. The van der Waals surface area contributed by atoms with Crippen LogP contribution >= 0.6 is 27.5 Å². The molecule has 0 aliphatic carbocycles. The first kappa shape index (κ1) is 15.6. The smallest absolute Gasteiger partial charge is 0.252 e. The fourth-order valence-electron chi connectivity index (χ4n) is 2.00. The summed E-state index contributed by atoms with van der Waals surface area (Å²) in [5, 5.41) is 15.0. The van der Waals surface area contributed by atoms with E-state index >= 15 is 0 Å². The van der Waals surface area contributed by atoms with Crippen molar-refractivity contribution in [2.24, 2.45) is 0 Å². The van der Waals surface area contributed by atoms with Crippen LogP contribution in [0.3, 0.4) is 0 Å². The Kier molecular flexibility index (Phi) is 4.68. The predicted octanol–water partition coefficient (Wildman–Crippen LogP) is 3.01. The van der Waals surface area contributed by atoms with Gasteiger partial charge in [-0.25, -0.2) is 0 Å². The minimum Gasteiger partial charge on any atom is -0.345 e. The molecule has 0 saturated heterocycles. The van der Waals surface area contributed by atoms with Gasteiger partial charge in [-0.2, -0.15) is 4.68 Å². The van der Waals surface area contributed by atoms with E-state index in [0.29, 0.717) is 16.4 Å². The quantitative estimate of drug-likeness (QED) is 0.741. The van der Waals surface area contributed by atoms with Crippen LogP contribution in [0.25, 0.3) is 5.69 Å². The van der Waals surface area contributed by atoms with Gasteiger partial charge in [0.15, 0.2) is 5.82 Å². The van der Waals surface area contributed by atoms with Gasteiger partial charge in [-0.3, -0.25) is 4.79 Å². The summed E-state index contributed by atoms with van der Waals surface area (Å²) in [7, 11) is 0. The zero-order valence-electron chi connectivity index (χ0n) is 11.8. The lowest BCUT2D eigenvalue weighted by Crippen LogP contribution is -2.25. The Hall–Kier alpha value is -2.25. The first-order chi connectivity index (χ1) is 11.1. The monoisotopic (exact) mass is 391 g/mol. The van der Waals surface area contributed by atoms with Crippen LogP contribution in [0.5, 0.6) is 0 Å². The number of carbonyl (C=O) groups excluding carboxylic acids is 1. The van der Waals surface area contributed by atoms with E-state index in [1.165, 1.54) is 0 Å². The van der Waals surface area contributed by atoms with Crippen molar-refractivity contribution in [1.29, 1.82) is 0 Å². The van der Waals surface area contributed by atoms with Gasteiger partial charge in [-0.05, 0) is 62.8 Å². The van der Waals surface area contributed by atoms with E-state index in [1.54, 1.807) is 41.1 Å². The molecule has 0 radical (unpaired) electrons. The van der Waals surface area contributed by atoms with Crippen LogP contribution < -0.4 is 5.32 Å². The average molecular weight is 393 g/mol. The van der Waals surface area contributed by atoms with E-state index in [1.807, 2.05) is 12.1 Å². The summed E-state index contributed by atoms with van der Waals surface area (Å²) in [6.45, 7) is 0.204. The van der Waals surface area contributed by atoms with Crippen molar-refractivity contribution in [3.8, 4) is 5.69 Å². The molecule has 116 valence electrons. The Morgan fingerprint density at radius 1 is 1.17 bits per heavy atom. The number of hydrogen-bond acceptors (Lipinski definition) is 4. The highest BCUT2D eigenvalue weighted by atomic mass is 79.9. The first-order valence-electron chi connectivity index (χ1n) is 6.71. The molecule has 0 aliphatic rings. The Morgan fingerprint density at radius 3 is 2.65 bits per heavy atom. The van der Waals surface area contributed by atoms with E-state index < -0.39 is 0 Å². The van der Waals surface area contributed by atoms with Gasteiger partial charge in [-0.15, -0.1) is 5.10 Å². The molecule has 1 amide bonds. The van der Waals surface area contributed by atoms with Gasteiger partial charge >= 0.3 is 0 Å². The maximum atomic E-state index is 12.2. The van der Waals surface area contributed by atoms with Gasteiger partial charge < -0.3 is 5.32 Å². The van der Waals surface area contributed by atoms with Crippen LogP contribution in [0, 0.1) is 0 Å². The molecule has 0 saturated carbocycles. The third-order valence-electron chi connectivity index (χ3n) is 3.13. The van der Waals surface area contributed by atoms with Crippen molar-refractivity contribution in [2.75, 3.05) is 0 Å². The number of aromatic nitrogens is 4. The van der Waals surface area contributed by atoms with E-state index in [-0.39, 0.29) is 12.5 Å².